The number of esters is 3. The fraction of sp³-hybridized carbons (Fsp3) is 0.308. The van der Waals surface area contributed by atoms with E-state index in [1.807, 2.05) is 0 Å². The molecule has 1 aromatic carbocycles. The van der Waals surface area contributed by atoms with Crippen molar-refractivity contribution in [2.75, 3.05) is 20.3 Å². The largest absolute Gasteiger partial charge is 0.466 e. The molecule has 0 amide bonds. The molecule has 0 spiro atoms. The van der Waals surface area contributed by atoms with Crippen molar-refractivity contribution in [3.8, 4) is 0 Å². The van der Waals surface area contributed by atoms with E-state index in [1.54, 1.807) is 6.92 Å². The number of carbonyl (C=O) groups excluding carboxylic acids is 3. The maximum absolute atomic E-state index is 11.5. The lowest BCUT2D eigenvalue weighted by molar-refractivity contribution is -0.144. The van der Waals surface area contributed by atoms with Crippen molar-refractivity contribution in [1.82, 2.24) is 0 Å². The summed E-state index contributed by atoms with van der Waals surface area (Å²) in [5.41, 5.74) is 0.573. The highest BCUT2D eigenvalue weighted by Crippen LogP contribution is 2.07. The minimum absolute atomic E-state index is 0.233. The first kappa shape index (κ1) is 14.7. The van der Waals surface area contributed by atoms with Gasteiger partial charge >= 0.3 is 17.9 Å². The maximum atomic E-state index is 11.5. The van der Waals surface area contributed by atoms with Crippen LogP contribution in [0.2, 0.25) is 0 Å². The first-order valence-electron chi connectivity index (χ1n) is 5.59. The van der Waals surface area contributed by atoms with Gasteiger partial charge in [0.05, 0.1) is 24.8 Å². The van der Waals surface area contributed by atoms with Crippen molar-refractivity contribution in [2.45, 2.75) is 6.92 Å². The fourth-order valence-corrected chi connectivity index (χ4v) is 1.22. The smallest absolute Gasteiger partial charge is 0.344 e. The van der Waals surface area contributed by atoms with Gasteiger partial charge in [0.2, 0.25) is 0 Å². The molecule has 1 aromatic rings. The van der Waals surface area contributed by atoms with Crippen molar-refractivity contribution < 1.29 is 28.6 Å². The second kappa shape index (κ2) is 7.15. The predicted octanol–water partition coefficient (Wildman–Crippen LogP) is 1.19. The van der Waals surface area contributed by atoms with Gasteiger partial charge in [-0.1, -0.05) is 0 Å². The van der Waals surface area contributed by atoms with Gasteiger partial charge in [0.1, 0.15) is 0 Å². The van der Waals surface area contributed by atoms with E-state index in [2.05, 4.69) is 4.74 Å². The van der Waals surface area contributed by atoms with Crippen LogP contribution < -0.4 is 0 Å². The third-order valence-corrected chi connectivity index (χ3v) is 2.18. The zero-order valence-electron chi connectivity index (χ0n) is 10.7. The molecular weight excluding hydrogens is 252 g/mol. The third kappa shape index (κ3) is 4.42. The molecule has 6 heteroatoms. The van der Waals surface area contributed by atoms with E-state index in [0.717, 1.165) is 0 Å². The zero-order valence-corrected chi connectivity index (χ0v) is 10.7. The minimum atomic E-state index is -0.666. The van der Waals surface area contributed by atoms with Crippen LogP contribution in [0.15, 0.2) is 24.3 Å². The number of benzene rings is 1. The first-order chi connectivity index (χ1) is 9.08. The minimum Gasteiger partial charge on any atom is -0.466 e. The lowest BCUT2D eigenvalue weighted by atomic mass is 10.1. The summed E-state index contributed by atoms with van der Waals surface area (Å²) >= 11 is 0. The van der Waals surface area contributed by atoms with Crippen LogP contribution in [0.5, 0.6) is 0 Å². The fourth-order valence-electron chi connectivity index (χ4n) is 1.22. The van der Waals surface area contributed by atoms with Crippen LogP contribution in [0.25, 0.3) is 0 Å². The van der Waals surface area contributed by atoms with E-state index in [4.69, 9.17) is 9.47 Å². The quantitative estimate of drug-likeness (QED) is 0.588. The predicted molar refractivity (Wildman–Crippen MR) is 64.7 cm³/mol. The second-order valence-corrected chi connectivity index (χ2v) is 3.45. The highest BCUT2D eigenvalue weighted by molar-refractivity contribution is 5.93. The average molecular weight is 266 g/mol. The number of methoxy groups -OCH3 is 1. The highest BCUT2D eigenvalue weighted by atomic mass is 16.6. The number of carbonyl (C=O) groups is 3. The Balaban J connectivity index is 2.63. The van der Waals surface area contributed by atoms with Crippen molar-refractivity contribution in [3.05, 3.63) is 35.4 Å². The molecule has 0 bridgehead atoms. The van der Waals surface area contributed by atoms with Gasteiger partial charge in [-0.15, -0.1) is 0 Å². The van der Waals surface area contributed by atoms with E-state index in [-0.39, 0.29) is 12.2 Å². The van der Waals surface area contributed by atoms with Crippen molar-refractivity contribution in [1.29, 1.82) is 0 Å². The molecule has 0 fully saturated rings. The van der Waals surface area contributed by atoms with Crippen LogP contribution in [0.3, 0.4) is 0 Å². The Morgan fingerprint density at radius 3 is 1.84 bits per heavy atom. The molecule has 0 radical (unpaired) electrons. The molecule has 0 N–H and O–H groups in total. The molecule has 0 unspecified atom stereocenters. The Kier molecular flexibility index (Phi) is 5.53. The molecule has 0 aromatic heterocycles. The van der Waals surface area contributed by atoms with Crippen LogP contribution >= 0.6 is 0 Å². The molecule has 0 aliphatic carbocycles. The van der Waals surface area contributed by atoms with Gasteiger partial charge in [0, 0.05) is 0 Å². The van der Waals surface area contributed by atoms with Crippen LogP contribution in [0.1, 0.15) is 27.6 Å². The highest BCUT2D eigenvalue weighted by Gasteiger charge is 2.12. The normalized spacial score (nSPS) is 9.58. The Labute approximate surface area is 110 Å². The number of hydrogen-bond acceptors (Lipinski definition) is 6. The summed E-state index contributed by atoms with van der Waals surface area (Å²) in [6.07, 6.45) is 0. The molecule has 102 valence electrons. The van der Waals surface area contributed by atoms with Gasteiger partial charge in [0.25, 0.3) is 0 Å². The molecular formula is C13H14O6. The molecule has 0 saturated carbocycles. The molecule has 19 heavy (non-hydrogen) atoms. The summed E-state index contributed by atoms with van der Waals surface area (Å²) in [5, 5.41) is 0. The molecule has 0 atom stereocenters. The SMILES string of the molecule is CCOC(=O)c1ccc(C(=O)OCC(=O)OC)cc1. The van der Waals surface area contributed by atoms with E-state index in [1.165, 1.54) is 31.4 Å². The van der Waals surface area contributed by atoms with Gasteiger partial charge in [-0.05, 0) is 31.2 Å². The summed E-state index contributed by atoms with van der Waals surface area (Å²) in [7, 11) is 1.20. The van der Waals surface area contributed by atoms with Crippen molar-refractivity contribution in [3.63, 3.8) is 0 Å². The Morgan fingerprint density at radius 2 is 1.42 bits per heavy atom. The Bertz CT molecular complexity index is 463. The third-order valence-electron chi connectivity index (χ3n) is 2.18. The summed E-state index contributed by atoms with van der Waals surface area (Å²) in [4.78, 5) is 33.7. The van der Waals surface area contributed by atoms with E-state index in [0.29, 0.717) is 5.56 Å². The van der Waals surface area contributed by atoms with Crippen molar-refractivity contribution >= 4 is 17.9 Å². The van der Waals surface area contributed by atoms with Crippen LogP contribution in [-0.4, -0.2) is 38.2 Å². The molecule has 0 saturated heterocycles. The van der Waals surface area contributed by atoms with E-state index in [9.17, 15) is 14.4 Å². The van der Waals surface area contributed by atoms with Gasteiger partial charge in [-0.3, -0.25) is 0 Å². The monoisotopic (exact) mass is 266 g/mol. The maximum Gasteiger partial charge on any atom is 0.344 e. The van der Waals surface area contributed by atoms with Gasteiger partial charge in [0.15, 0.2) is 6.61 Å². The van der Waals surface area contributed by atoms with Crippen molar-refractivity contribution in [2.24, 2.45) is 0 Å². The van der Waals surface area contributed by atoms with Gasteiger partial charge < -0.3 is 14.2 Å². The lowest BCUT2D eigenvalue weighted by Crippen LogP contribution is -2.15. The lowest BCUT2D eigenvalue weighted by Gasteiger charge is -2.04. The number of ether oxygens (including phenoxy) is 3. The topological polar surface area (TPSA) is 78.9 Å². The molecule has 0 heterocycles. The Hall–Kier alpha value is -2.37. The molecule has 0 aliphatic heterocycles. The summed E-state index contributed by atoms with van der Waals surface area (Å²) < 4.78 is 13.8. The van der Waals surface area contributed by atoms with Gasteiger partial charge in [-0.2, -0.15) is 0 Å². The summed E-state index contributed by atoms with van der Waals surface area (Å²) in [6.45, 7) is 1.53. The van der Waals surface area contributed by atoms with Crippen LogP contribution in [-0.2, 0) is 19.0 Å². The van der Waals surface area contributed by atoms with Gasteiger partial charge in [-0.25, -0.2) is 14.4 Å². The molecule has 1 rings (SSSR count). The van der Waals surface area contributed by atoms with Crippen LogP contribution in [0, 0.1) is 0 Å². The zero-order chi connectivity index (χ0) is 14.3. The van der Waals surface area contributed by atoms with E-state index < -0.39 is 24.5 Å². The average Bonchev–Trinajstić information content (AvgIpc) is 2.44. The number of hydrogen-bond donors (Lipinski definition) is 0. The second-order valence-electron chi connectivity index (χ2n) is 3.45. The first-order valence-corrected chi connectivity index (χ1v) is 5.59. The van der Waals surface area contributed by atoms with Crippen LogP contribution in [0.4, 0.5) is 0 Å². The summed E-state index contributed by atoms with van der Waals surface area (Å²) in [6, 6.07) is 5.75. The van der Waals surface area contributed by atoms with E-state index >= 15 is 0 Å². The molecule has 6 nitrogen and oxygen atoms in total. The standard InChI is InChI=1S/C13H14O6/c1-3-18-12(15)9-4-6-10(7-5-9)13(16)19-8-11(14)17-2/h4-7H,3,8H2,1-2H3. The summed E-state index contributed by atoms with van der Waals surface area (Å²) in [5.74, 6) is -1.77. The Morgan fingerprint density at radius 1 is 0.947 bits per heavy atom. The molecule has 0 aliphatic rings. The number of rotatable bonds is 5.